The summed E-state index contributed by atoms with van der Waals surface area (Å²) in [7, 11) is 0. The van der Waals surface area contributed by atoms with Crippen molar-refractivity contribution >= 4 is 17.9 Å². The molecule has 6 heteroatoms. The molecule has 0 fully saturated rings. The lowest BCUT2D eigenvalue weighted by atomic mass is 10.0. The minimum Gasteiger partial charge on any atom is -0.462 e. The van der Waals surface area contributed by atoms with Crippen molar-refractivity contribution in [2.45, 2.75) is 303 Å². The Balaban J connectivity index is 4.28. The van der Waals surface area contributed by atoms with Gasteiger partial charge < -0.3 is 14.2 Å². The van der Waals surface area contributed by atoms with Crippen LogP contribution in [0, 0.1) is 0 Å². The second kappa shape index (κ2) is 48.1. The summed E-state index contributed by atoms with van der Waals surface area (Å²) in [5.74, 6) is -0.842. The maximum Gasteiger partial charge on any atom is 0.306 e. The number of ether oxygens (including phenoxy) is 3. The van der Waals surface area contributed by atoms with Gasteiger partial charge >= 0.3 is 17.9 Å². The quantitative estimate of drug-likeness (QED) is 0.0346. The fraction of sp³-hybridized carbons (Fsp3) is 0.942. The molecule has 0 saturated carbocycles. The first-order valence-corrected chi connectivity index (χ1v) is 26.0. The molecule has 0 aromatic heterocycles. The summed E-state index contributed by atoms with van der Waals surface area (Å²) in [6, 6.07) is 0. The molecule has 58 heavy (non-hydrogen) atoms. The third kappa shape index (κ3) is 45.5. The van der Waals surface area contributed by atoms with Crippen molar-refractivity contribution in [2.24, 2.45) is 0 Å². The number of unbranched alkanes of at least 4 members (excludes halogenated alkanes) is 37. The Bertz CT molecular complexity index is 859. The maximum atomic E-state index is 12.8. The molecule has 1 atom stereocenters. The normalized spacial score (nSPS) is 11.8. The molecule has 344 valence electrons. The average molecular weight is 821 g/mol. The zero-order valence-corrected chi connectivity index (χ0v) is 39.3. The molecule has 0 aromatic rings. The summed E-state index contributed by atoms with van der Waals surface area (Å²) in [5.41, 5.74) is 0. The lowest BCUT2D eigenvalue weighted by Crippen LogP contribution is -2.30. The van der Waals surface area contributed by atoms with Gasteiger partial charge in [-0.2, -0.15) is 0 Å². The van der Waals surface area contributed by atoms with Crippen molar-refractivity contribution in [1.29, 1.82) is 0 Å². The molecule has 0 aliphatic carbocycles. The molecule has 6 nitrogen and oxygen atoms in total. The van der Waals surface area contributed by atoms with Crippen LogP contribution in [0.5, 0.6) is 0 Å². The van der Waals surface area contributed by atoms with Crippen LogP contribution in [0.2, 0.25) is 0 Å². The highest BCUT2D eigenvalue weighted by atomic mass is 16.6. The van der Waals surface area contributed by atoms with Crippen molar-refractivity contribution in [1.82, 2.24) is 0 Å². The van der Waals surface area contributed by atoms with Gasteiger partial charge in [-0.15, -0.1) is 0 Å². The molecule has 0 N–H and O–H groups in total. The molecule has 0 unspecified atom stereocenters. The van der Waals surface area contributed by atoms with Gasteiger partial charge in [0.05, 0.1) is 0 Å². The van der Waals surface area contributed by atoms with Crippen LogP contribution in [-0.4, -0.2) is 37.2 Å². The van der Waals surface area contributed by atoms with Crippen LogP contribution in [0.1, 0.15) is 297 Å². The topological polar surface area (TPSA) is 78.9 Å². The van der Waals surface area contributed by atoms with E-state index >= 15 is 0 Å². The molecule has 0 bridgehead atoms. The first-order valence-electron chi connectivity index (χ1n) is 26.0. The second-order valence-corrected chi connectivity index (χ2v) is 17.8. The molecule has 0 aliphatic heterocycles. The van der Waals surface area contributed by atoms with Crippen molar-refractivity contribution < 1.29 is 28.6 Å². The van der Waals surface area contributed by atoms with E-state index < -0.39 is 6.10 Å². The van der Waals surface area contributed by atoms with Crippen LogP contribution in [0.15, 0.2) is 0 Å². The van der Waals surface area contributed by atoms with E-state index in [4.69, 9.17) is 14.2 Å². The molecular formula is C52H100O6. The van der Waals surface area contributed by atoms with Crippen LogP contribution in [0.4, 0.5) is 0 Å². The molecule has 0 radical (unpaired) electrons. The second-order valence-electron chi connectivity index (χ2n) is 17.8. The van der Waals surface area contributed by atoms with E-state index in [1.807, 2.05) is 0 Å². The van der Waals surface area contributed by atoms with Crippen LogP contribution in [0.3, 0.4) is 0 Å². The van der Waals surface area contributed by atoms with E-state index in [-0.39, 0.29) is 31.1 Å². The lowest BCUT2D eigenvalue weighted by Gasteiger charge is -2.18. The van der Waals surface area contributed by atoms with Gasteiger partial charge in [0.25, 0.3) is 0 Å². The van der Waals surface area contributed by atoms with Crippen LogP contribution < -0.4 is 0 Å². The van der Waals surface area contributed by atoms with Gasteiger partial charge in [0.15, 0.2) is 6.10 Å². The van der Waals surface area contributed by atoms with E-state index in [9.17, 15) is 14.4 Å². The van der Waals surface area contributed by atoms with Gasteiger partial charge in [0, 0.05) is 19.3 Å². The highest BCUT2D eigenvalue weighted by Crippen LogP contribution is 2.17. The van der Waals surface area contributed by atoms with Gasteiger partial charge in [-0.3, -0.25) is 14.4 Å². The monoisotopic (exact) mass is 821 g/mol. The number of rotatable bonds is 48. The fourth-order valence-electron chi connectivity index (χ4n) is 7.92. The lowest BCUT2D eigenvalue weighted by molar-refractivity contribution is -0.167. The zero-order chi connectivity index (χ0) is 42.3. The van der Waals surface area contributed by atoms with Crippen molar-refractivity contribution in [3.63, 3.8) is 0 Å². The molecule has 0 aliphatic rings. The predicted molar refractivity (Wildman–Crippen MR) is 247 cm³/mol. The summed E-state index contributed by atoms with van der Waals surface area (Å²) in [6.07, 6.45) is 50.8. The van der Waals surface area contributed by atoms with E-state index in [0.717, 1.165) is 57.8 Å². The van der Waals surface area contributed by atoms with Crippen LogP contribution in [-0.2, 0) is 28.6 Å². The van der Waals surface area contributed by atoms with E-state index in [1.54, 1.807) is 0 Å². The maximum absolute atomic E-state index is 12.8. The van der Waals surface area contributed by atoms with Crippen molar-refractivity contribution in [3.8, 4) is 0 Å². The third-order valence-corrected chi connectivity index (χ3v) is 11.9. The number of esters is 3. The van der Waals surface area contributed by atoms with Gasteiger partial charge in [-0.05, 0) is 19.3 Å². The number of carbonyl (C=O) groups excluding carboxylic acids is 3. The van der Waals surface area contributed by atoms with Crippen molar-refractivity contribution in [3.05, 3.63) is 0 Å². The number of carbonyl (C=O) groups is 3. The zero-order valence-electron chi connectivity index (χ0n) is 39.3. The molecule has 0 saturated heterocycles. The standard InChI is InChI=1S/C52H100O6/c1-4-7-10-13-16-19-22-24-26-27-29-31-34-37-40-43-46-52(55)58-49(47-56-50(53)44-41-38-35-32-21-18-15-12-9-6-3)48-57-51(54)45-42-39-36-33-30-28-25-23-20-17-14-11-8-5-2/h49H,4-48H2,1-3H3/t49-/m0/s1. The minimum absolute atomic E-state index is 0.0618. The highest BCUT2D eigenvalue weighted by molar-refractivity contribution is 5.71. The highest BCUT2D eigenvalue weighted by Gasteiger charge is 2.19. The SMILES string of the molecule is CCCCCCCCCCCCCCCCCCC(=O)O[C@@H](COC(=O)CCCCCCCCCCCC)COC(=O)CCCCCCCCCCCCCCCC. The van der Waals surface area contributed by atoms with Gasteiger partial charge in [0.2, 0.25) is 0 Å². The Morgan fingerprint density at radius 3 is 0.690 bits per heavy atom. The Kier molecular flexibility index (Phi) is 46.8. The molecule has 0 spiro atoms. The van der Waals surface area contributed by atoms with Gasteiger partial charge in [0.1, 0.15) is 13.2 Å². The molecule has 0 rings (SSSR count). The molecule has 0 heterocycles. The predicted octanol–water partition coefficient (Wildman–Crippen LogP) is 16.8. The van der Waals surface area contributed by atoms with Crippen LogP contribution >= 0.6 is 0 Å². The fourth-order valence-corrected chi connectivity index (χ4v) is 7.92. The Morgan fingerprint density at radius 2 is 0.466 bits per heavy atom. The number of hydrogen-bond acceptors (Lipinski definition) is 6. The van der Waals surface area contributed by atoms with E-state index in [2.05, 4.69) is 20.8 Å². The molecule has 0 amide bonds. The summed E-state index contributed by atoms with van der Waals surface area (Å²) in [6.45, 7) is 6.67. The van der Waals surface area contributed by atoms with Gasteiger partial charge in [-0.25, -0.2) is 0 Å². The molecular weight excluding hydrogens is 721 g/mol. The number of hydrogen-bond donors (Lipinski definition) is 0. The average Bonchev–Trinajstić information content (AvgIpc) is 3.22. The molecule has 0 aromatic carbocycles. The van der Waals surface area contributed by atoms with E-state index in [1.165, 1.54) is 199 Å². The Morgan fingerprint density at radius 1 is 0.276 bits per heavy atom. The van der Waals surface area contributed by atoms with E-state index in [0.29, 0.717) is 19.3 Å². The summed E-state index contributed by atoms with van der Waals surface area (Å²) in [4.78, 5) is 37.9. The first kappa shape index (κ1) is 56.4. The smallest absolute Gasteiger partial charge is 0.306 e. The minimum atomic E-state index is -0.759. The van der Waals surface area contributed by atoms with Gasteiger partial charge in [-0.1, -0.05) is 258 Å². The summed E-state index contributed by atoms with van der Waals surface area (Å²) < 4.78 is 16.8. The summed E-state index contributed by atoms with van der Waals surface area (Å²) in [5, 5.41) is 0. The third-order valence-electron chi connectivity index (χ3n) is 11.9. The largest absolute Gasteiger partial charge is 0.462 e. The van der Waals surface area contributed by atoms with Crippen molar-refractivity contribution in [2.75, 3.05) is 13.2 Å². The Hall–Kier alpha value is -1.59. The first-order chi connectivity index (χ1) is 28.5. The van der Waals surface area contributed by atoms with Crippen LogP contribution in [0.25, 0.3) is 0 Å². The Labute approximate surface area is 361 Å². The summed E-state index contributed by atoms with van der Waals surface area (Å²) >= 11 is 0.